The predicted molar refractivity (Wildman–Crippen MR) is 85.7 cm³/mol. The van der Waals surface area contributed by atoms with Crippen molar-refractivity contribution in [1.29, 1.82) is 0 Å². The lowest BCUT2D eigenvalue weighted by molar-refractivity contribution is 1.68. The number of hydrogen-bond acceptors (Lipinski definition) is 0. The maximum atomic E-state index is 3.38. The molecule has 0 aliphatic rings. The molecule has 0 spiro atoms. The molecule has 0 atom stereocenters. The number of fused-ring (bicyclic) bond motifs is 2. The van der Waals surface area contributed by atoms with Crippen LogP contribution in [0, 0.1) is 6.07 Å². The first-order valence-corrected chi connectivity index (χ1v) is 6.81. The fourth-order valence-electron chi connectivity index (χ4n) is 2.84. The van der Waals surface area contributed by atoms with Gasteiger partial charge in [-0.05, 0) is 38.7 Å². The van der Waals surface area contributed by atoms with Crippen molar-refractivity contribution in [2.45, 2.75) is 0 Å². The Morgan fingerprint density at radius 1 is 0.550 bits per heavy atom. The summed E-state index contributed by atoms with van der Waals surface area (Å²) in [6.07, 6.45) is 0. The molecule has 0 fully saturated rings. The molecule has 20 heavy (non-hydrogen) atoms. The van der Waals surface area contributed by atoms with Crippen molar-refractivity contribution in [3.8, 4) is 11.1 Å². The average Bonchev–Trinajstić information content (AvgIpc) is 2.54. The maximum absolute atomic E-state index is 3.38. The van der Waals surface area contributed by atoms with E-state index in [-0.39, 0.29) is 0 Å². The van der Waals surface area contributed by atoms with Crippen LogP contribution < -0.4 is 0 Å². The van der Waals surface area contributed by atoms with E-state index in [9.17, 15) is 0 Å². The topological polar surface area (TPSA) is 0 Å². The summed E-state index contributed by atoms with van der Waals surface area (Å²) < 4.78 is 0. The molecule has 0 heterocycles. The van der Waals surface area contributed by atoms with Crippen LogP contribution >= 0.6 is 0 Å². The quantitative estimate of drug-likeness (QED) is 0.422. The largest absolute Gasteiger partial charge is 0.0616 e. The fraction of sp³-hybridized carbons (Fsp3) is 0. The fourth-order valence-corrected chi connectivity index (χ4v) is 2.84. The Kier molecular flexibility index (Phi) is 2.53. The Morgan fingerprint density at radius 3 is 2.20 bits per heavy atom. The third-order valence-electron chi connectivity index (χ3n) is 3.78. The van der Waals surface area contributed by atoms with E-state index in [1.807, 2.05) is 12.1 Å². The molecule has 0 aliphatic heterocycles. The highest BCUT2D eigenvalue weighted by Crippen LogP contribution is 2.33. The summed E-state index contributed by atoms with van der Waals surface area (Å²) in [4.78, 5) is 0. The van der Waals surface area contributed by atoms with E-state index in [1.54, 1.807) is 0 Å². The van der Waals surface area contributed by atoms with Gasteiger partial charge in [-0.2, -0.15) is 0 Å². The Morgan fingerprint density at radius 2 is 1.25 bits per heavy atom. The van der Waals surface area contributed by atoms with Gasteiger partial charge in [-0.3, -0.25) is 0 Å². The molecule has 0 aromatic heterocycles. The van der Waals surface area contributed by atoms with Crippen LogP contribution in [0.3, 0.4) is 0 Å². The van der Waals surface area contributed by atoms with Gasteiger partial charge < -0.3 is 0 Å². The van der Waals surface area contributed by atoms with Crippen LogP contribution in [0.2, 0.25) is 0 Å². The van der Waals surface area contributed by atoms with E-state index in [0.29, 0.717) is 0 Å². The van der Waals surface area contributed by atoms with E-state index in [1.165, 1.54) is 32.7 Å². The van der Waals surface area contributed by atoms with E-state index in [2.05, 4.69) is 72.8 Å². The minimum atomic E-state index is 1.19. The van der Waals surface area contributed by atoms with Crippen LogP contribution in [-0.4, -0.2) is 0 Å². The van der Waals surface area contributed by atoms with Crippen molar-refractivity contribution in [2.24, 2.45) is 0 Å². The van der Waals surface area contributed by atoms with Crippen molar-refractivity contribution < 1.29 is 0 Å². The molecule has 4 aromatic rings. The average molecular weight is 253 g/mol. The molecular formula is C20H13. The lowest BCUT2D eigenvalue weighted by atomic mass is 9.94. The van der Waals surface area contributed by atoms with Crippen molar-refractivity contribution >= 4 is 21.5 Å². The van der Waals surface area contributed by atoms with Crippen molar-refractivity contribution in [1.82, 2.24) is 0 Å². The van der Waals surface area contributed by atoms with Crippen LogP contribution in [0.5, 0.6) is 0 Å². The lowest BCUT2D eigenvalue weighted by Gasteiger charge is -2.09. The molecule has 93 valence electrons. The van der Waals surface area contributed by atoms with Gasteiger partial charge in [0, 0.05) is 0 Å². The van der Waals surface area contributed by atoms with Crippen molar-refractivity contribution in [3.05, 3.63) is 84.9 Å². The summed E-state index contributed by atoms with van der Waals surface area (Å²) >= 11 is 0. The summed E-state index contributed by atoms with van der Waals surface area (Å²) in [5.74, 6) is 0. The van der Waals surface area contributed by atoms with Gasteiger partial charge in [0.05, 0.1) is 0 Å². The summed E-state index contributed by atoms with van der Waals surface area (Å²) in [6.45, 7) is 0. The van der Waals surface area contributed by atoms with Crippen LogP contribution in [-0.2, 0) is 0 Å². The van der Waals surface area contributed by atoms with Crippen molar-refractivity contribution in [2.75, 3.05) is 0 Å². The Labute approximate surface area is 118 Å². The minimum absolute atomic E-state index is 1.19. The summed E-state index contributed by atoms with van der Waals surface area (Å²) in [6, 6.07) is 31.0. The van der Waals surface area contributed by atoms with E-state index >= 15 is 0 Å². The highest BCUT2D eigenvalue weighted by Gasteiger charge is 2.06. The molecule has 0 saturated carbocycles. The zero-order valence-corrected chi connectivity index (χ0v) is 11.0. The summed E-state index contributed by atoms with van der Waals surface area (Å²) in [5, 5.41) is 4.99. The van der Waals surface area contributed by atoms with E-state index in [0.717, 1.165) is 0 Å². The highest BCUT2D eigenvalue weighted by molar-refractivity contribution is 6.05. The van der Waals surface area contributed by atoms with Gasteiger partial charge >= 0.3 is 0 Å². The molecule has 4 aromatic carbocycles. The first kappa shape index (κ1) is 11.2. The van der Waals surface area contributed by atoms with Crippen LogP contribution in [0.1, 0.15) is 0 Å². The molecule has 0 unspecified atom stereocenters. The summed E-state index contributed by atoms with van der Waals surface area (Å²) in [7, 11) is 0. The van der Waals surface area contributed by atoms with Gasteiger partial charge in [0.15, 0.2) is 0 Å². The zero-order valence-electron chi connectivity index (χ0n) is 11.0. The number of rotatable bonds is 1. The Balaban J connectivity index is 2.12. The Hall–Kier alpha value is -2.60. The predicted octanol–water partition coefficient (Wildman–Crippen LogP) is 5.46. The molecule has 1 radical (unpaired) electrons. The van der Waals surface area contributed by atoms with E-state index < -0.39 is 0 Å². The first-order valence-electron chi connectivity index (χ1n) is 6.81. The highest BCUT2D eigenvalue weighted by atomic mass is 14.1. The van der Waals surface area contributed by atoms with E-state index in [4.69, 9.17) is 0 Å². The van der Waals surface area contributed by atoms with Gasteiger partial charge in [-0.1, -0.05) is 78.9 Å². The SMILES string of the molecule is [c]1cccc2cccc(-c3cccc4ccccc34)c12. The molecule has 0 heteroatoms. The maximum Gasteiger partial charge on any atom is -0.00264 e. The molecule has 0 N–H and O–H groups in total. The van der Waals surface area contributed by atoms with Crippen LogP contribution in [0.25, 0.3) is 32.7 Å². The molecule has 0 aliphatic carbocycles. The van der Waals surface area contributed by atoms with Crippen molar-refractivity contribution in [3.63, 3.8) is 0 Å². The monoisotopic (exact) mass is 253 g/mol. The van der Waals surface area contributed by atoms with Gasteiger partial charge in [0.25, 0.3) is 0 Å². The Bertz CT molecular complexity index is 816. The van der Waals surface area contributed by atoms with Gasteiger partial charge in [-0.25, -0.2) is 0 Å². The van der Waals surface area contributed by atoms with Gasteiger partial charge in [0.1, 0.15) is 0 Å². The first-order chi connectivity index (χ1) is 9.93. The third-order valence-corrected chi connectivity index (χ3v) is 3.78. The smallest absolute Gasteiger partial charge is 0.00264 e. The zero-order chi connectivity index (χ0) is 13.4. The second kappa shape index (κ2) is 4.50. The molecule has 4 rings (SSSR count). The molecule has 0 amide bonds. The lowest BCUT2D eigenvalue weighted by Crippen LogP contribution is -1.83. The molecule has 0 bridgehead atoms. The van der Waals surface area contributed by atoms with Crippen LogP contribution in [0.4, 0.5) is 0 Å². The van der Waals surface area contributed by atoms with Gasteiger partial charge in [-0.15, -0.1) is 0 Å². The number of benzene rings is 4. The summed E-state index contributed by atoms with van der Waals surface area (Å²) in [5.41, 5.74) is 2.52. The molecule has 0 nitrogen and oxygen atoms in total. The number of hydrogen-bond donors (Lipinski definition) is 0. The normalized spacial score (nSPS) is 11.0. The third kappa shape index (κ3) is 1.70. The second-order valence-corrected chi connectivity index (χ2v) is 4.97. The molecular weight excluding hydrogens is 240 g/mol. The second-order valence-electron chi connectivity index (χ2n) is 4.97. The molecule has 0 saturated heterocycles. The minimum Gasteiger partial charge on any atom is -0.0616 e. The standard InChI is InChI=1S/C20H13/c1-3-11-17-15(7-1)9-5-13-19(17)20-14-6-10-16-8-2-4-12-18(16)20/h1-11,13-14H. The van der Waals surface area contributed by atoms with Crippen LogP contribution in [0.15, 0.2) is 78.9 Å². The van der Waals surface area contributed by atoms with Gasteiger partial charge in [0.2, 0.25) is 0 Å².